The van der Waals surface area contributed by atoms with Crippen LogP contribution in [0.2, 0.25) is 0 Å². The number of H-pyrrole nitrogens is 1. The van der Waals surface area contributed by atoms with E-state index in [4.69, 9.17) is 0 Å². The highest BCUT2D eigenvalue weighted by atomic mass is 16.2. The largest absolute Gasteiger partial charge is 0.357 e. The Morgan fingerprint density at radius 2 is 1.96 bits per heavy atom. The molecule has 3 rings (SSSR count). The predicted molar refractivity (Wildman–Crippen MR) is 94.1 cm³/mol. The lowest BCUT2D eigenvalue weighted by Gasteiger charge is -2.19. The van der Waals surface area contributed by atoms with Gasteiger partial charge in [0, 0.05) is 38.2 Å². The quantitative estimate of drug-likeness (QED) is 0.666. The minimum absolute atomic E-state index is 0.131. The first-order valence-electron chi connectivity index (χ1n) is 7.83. The lowest BCUT2D eigenvalue weighted by molar-refractivity contribution is -0.114. The Kier molecular flexibility index (Phi) is 4.65. The van der Waals surface area contributed by atoms with Gasteiger partial charge in [0.25, 0.3) is 5.91 Å². The number of nitrogens with one attached hydrogen (secondary N) is 3. The molecule has 1 aromatic carbocycles. The van der Waals surface area contributed by atoms with Crippen LogP contribution in [0.5, 0.6) is 0 Å². The highest BCUT2D eigenvalue weighted by Gasteiger charge is 2.21. The number of hydrogen-bond donors (Lipinski definition) is 3. The SMILES string of the molecule is CC(=O)Nc1ccc(C(NC(=O)c2ccc[nH]2)c2nccn2C)cc1. The number of aryl methyl sites for hydroxylation is 1. The van der Waals surface area contributed by atoms with Crippen molar-refractivity contribution in [3.8, 4) is 0 Å². The van der Waals surface area contributed by atoms with E-state index in [1.54, 1.807) is 36.7 Å². The molecule has 2 heterocycles. The number of nitrogens with zero attached hydrogens (tertiary/aromatic N) is 2. The zero-order valence-electron chi connectivity index (χ0n) is 14.0. The normalized spacial score (nSPS) is 11.8. The van der Waals surface area contributed by atoms with Gasteiger partial charge >= 0.3 is 0 Å². The van der Waals surface area contributed by atoms with Crippen LogP contribution in [0.4, 0.5) is 5.69 Å². The molecule has 7 heteroatoms. The number of anilines is 1. The van der Waals surface area contributed by atoms with Gasteiger partial charge < -0.3 is 20.2 Å². The van der Waals surface area contributed by atoms with E-state index in [1.807, 2.05) is 29.9 Å². The maximum atomic E-state index is 12.5. The number of aromatic amines is 1. The first-order chi connectivity index (χ1) is 12.0. The fourth-order valence-corrected chi connectivity index (χ4v) is 2.59. The molecule has 25 heavy (non-hydrogen) atoms. The molecule has 2 amide bonds. The topological polar surface area (TPSA) is 91.8 Å². The molecule has 0 saturated carbocycles. The maximum absolute atomic E-state index is 12.5. The summed E-state index contributed by atoms with van der Waals surface area (Å²) in [6.07, 6.45) is 5.22. The van der Waals surface area contributed by atoms with Gasteiger partial charge in [0.15, 0.2) is 0 Å². The van der Waals surface area contributed by atoms with Crippen LogP contribution in [0.3, 0.4) is 0 Å². The first-order valence-corrected chi connectivity index (χ1v) is 7.83. The van der Waals surface area contributed by atoms with Crippen molar-refractivity contribution in [2.45, 2.75) is 13.0 Å². The Bertz CT molecular complexity index is 865. The molecule has 0 fully saturated rings. The zero-order valence-corrected chi connectivity index (χ0v) is 14.0. The fourth-order valence-electron chi connectivity index (χ4n) is 2.59. The lowest BCUT2D eigenvalue weighted by Crippen LogP contribution is -2.31. The first kappa shape index (κ1) is 16.5. The van der Waals surface area contributed by atoms with Gasteiger partial charge in [0.1, 0.15) is 17.6 Å². The molecule has 0 radical (unpaired) electrons. The molecule has 0 aliphatic heterocycles. The number of amides is 2. The molecule has 0 spiro atoms. The molecule has 0 aliphatic carbocycles. The van der Waals surface area contributed by atoms with Crippen LogP contribution in [0.25, 0.3) is 0 Å². The predicted octanol–water partition coefficient (Wildman–Crippen LogP) is 2.23. The Morgan fingerprint density at radius 3 is 2.52 bits per heavy atom. The zero-order chi connectivity index (χ0) is 17.8. The molecular weight excluding hydrogens is 318 g/mol. The van der Waals surface area contributed by atoms with Gasteiger partial charge in [-0.25, -0.2) is 4.98 Å². The van der Waals surface area contributed by atoms with E-state index in [9.17, 15) is 9.59 Å². The van der Waals surface area contributed by atoms with Crippen molar-refractivity contribution in [3.63, 3.8) is 0 Å². The van der Waals surface area contributed by atoms with Gasteiger partial charge in [-0.3, -0.25) is 9.59 Å². The van der Waals surface area contributed by atoms with Gasteiger partial charge in [0.2, 0.25) is 5.91 Å². The highest BCUT2D eigenvalue weighted by Crippen LogP contribution is 2.22. The van der Waals surface area contributed by atoms with E-state index in [0.29, 0.717) is 17.2 Å². The van der Waals surface area contributed by atoms with E-state index >= 15 is 0 Å². The van der Waals surface area contributed by atoms with Gasteiger partial charge in [-0.15, -0.1) is 0 Å². The van der Waals surface area contributed by atoms with Crippen LogP contribution in [0, 0.1) is 0 Å². The summed E-state index contributed by atoms with van der Waals surface area (Å²) in [5.41, 5.74) is 2.04. The van der Waals surface area contributed by atoms with E-state index in [-0.39, 0.29) is 11.8 Å². The van der Waals surface area contributed by atoms with E-state index in [1.165, 1.54) is 6.92 Å². The highest BCUT2D eigenvalue weighted by molar-refractivity contribution is 5.93. The summed E-state index contributed by atoms with van der Waals surface area (Å²) in [4.78, 5) is 30.9. The number of carbonyl (C=O) groups is 2. The Balaban J connectivity index is 1.90. The van der Waals surface area contributed by atoms with Crippen molar-refractivity contribution >= 4 is 17.5 Å². The minimum atomic E-state index is -0.415. The Morgan fingerprint density at radius 1 is 1.20 bits per heavy atom. The minimum Gasteiger partial charge on any atom is -0.357 e. The molecule has 7 nitrogen and oxygen atoms in total. The van der Waals surface area contributed by atoms with Crippen molar-refractivity contribution in [3.05, 3.63) is 72.1 Å². The summed E-state index contributed by atoms with van der Waals surface area (Å²) >= 11 is 0. The number of carbonyl (C=O) groups excluding carboxylic acids is 2. The Hall–Kier alpha value is -3.35. The second-order valence-corrected chi connectivity index (χ2v) is 5.69. The van der Waals surface area contributed by atoms with Gasteiger partial charge in [0.05, 0.1) is 0 Å². The summed E-state index contributed by atoms with van der Waals surface area (Å²) in [5.74, 6) is 0.365. The van der Waals surface area contributed by atoms with Crippen LogP contribution in [-0.2, 0) is 11.8 Å². The number of imidazole rings is 1. The molecule has 2 aromatic heterocycles. The average molecular weight is 337 g/mol. The van der Waals surface area contributed by atoms with E-state index < -0.39 is 6.04 Å². The fraction of sp³-hybridized carbons (Fsp3) is 0.167. The molecular formula is C18H19N5O2. The number of benzene rings is 1. The Labute approximate surface area is 145 Å². The van der Waals surface area contributed by atoms with Crippen molar-refractivity contribution < 1.29 is 9.59 Å². The van der Waals surface area contributed by atoms with Crippen LogP contribution in [0.1, 0.15) is 34.8 Å². The van der Waals surface area contributed by atoms with Gasteiger partial charge in [-0.2, -0.15) is 0 Å². The molecule has 128 valence electrons. The summed E-state index contributed by atoms with van der Waals surface area (Å²) in [6, 6.07) is 10.4. The third kappa shape index (κ3) is 3.77. The molecule has 0 bridgehead atoms. The van der Waals surface area contributed by atoms with Crippen molar-refractivity contribution in [1.29, 1.82) is 0 Å². The monoisotopic (exact) mass is 337 g/mol. The summed E-state index contributed by atoms with van der Waals surface area (Å²) in [5, 5.41) is 5.73. The van der Waals surface area contributed by atoms with Gasteiger partial charge in [-0.05, 0) is 29.8 Å². The van der Waals surface area contributed by atoms with Crippen LogP contribution in [0.15, 0.2) is 55.0 Å². The summed E-state index contributed by atoms with van der Waals surface area (Å²) in [7, 11) is 1.88. The summed E-state index contributed by atoms with van der Waals surface area (Å²) < 4.78 is 1.86. The van der Waals surface area contributed by atoms with Crippen LogP contribution < -0.4 is 10.6 Å². The molecule has 3 aromatic rings. The van der Waals surface area contributed by atoms with Crippen molar-refractivity contribution in [1.82, 2.24) is 19.9 Å². The maximum Gasteiger partial charge on any atom is 0.268 e. The molecule has 1 atom stereocenters. The smallest absolute Gasteiger partial charge is 0.268 e. The average Bonchev–Trinajstić information content (AvgIpc) is 3.24. The second-order valence-electron chi connectivity index (χ2n) is 5.69. The second kappa shape index (κ2) is 7.04. The lowest BCUT2D eigenvalue weighted by atomic mass is 10.1. The molecule has 1 unspecified atom stereocenters. The van der Waals surface area contributed by atoms with Gasteiger partial charge in [-0.1, -0.05) is 12.1 Å². The van der Waals surface area contributed by atoms with Crippen LogP contribution in [-0.4, -0.2) is 26.3 Å². The number of hydrogen-bond acceptors (Lipinski definition) is 3. The van der Waals surface area contributed by atoms with Crippen molar-refractivity contribution in [2.75, 3.05) is 5.32 Å². The van der Waals surface area contributed by atoms with E-state index in [0.717, 1.165) is 5.56 Å². The van der Waals surface area contributed by atoms with E-state index in [2.05, 4.69) is 20.6 Å². The number of aromatic nitrogens is 3. The van der Waals surface area contributed by atoms with Crippen LogP contribution >= 0.6 is 0 Å². The molecule has 0 aliphatic rings. The van der Waals surface area contributed by atoms with Crippen molar-refractivity contribution in [2.24, 2.45) is 7.05 Å². The molecule has 0 saturated heterocycles. The third-order valence-electron chi connectivity index (χ3n) is 3.80. The number of rotatable bonds is 5. The summed E-state index contributed by atoms with van der Waals surface area (Å²) in [6.45, 7) is 1.46. The standard InChI is InChI=1S/C18H19N5O2/c1-12(24)21-14-7-5-13(6-8-14)16(17-20-10-11-23(17)2)22-18(25)15-4-3-9-19-15/h3-11,16,19H,1-2H3,(H,21,24)(H,22,25). The molecule has 3 N–H and O–H groups in total. The third-order valence-corrected chi connectivity index (χ3v) is 3.80.